The summed E-state index contributed by atoms with van der Waals surface area (Å²) < 4.78 is 5.49. The first-order chi connectivity index (χ1) is 19.5. The summed E-state index contributed by atoms with van der Waals surface area (Å²) in [6.45, 7) is 11.9. The number of ether oxygens (including phenoxy) is 1. The highest BCUT2D eigenvalue weighted by molar-refractivity contribution is 7.98. The Labute approximate surface area is 253 Å². The average molecular weight is 588 g/mol. The third-order valence-corrected chi connectivity index (χ3v) is 7.36. The van der Waals surface area contributed by atoms with Crippen molar-refractivity contribution in [1.82, 2.24) is 15.5 Å². The van der Waals surface area contributed by atoms with Gasteiger partial charge in [-0.3, -0.25) is 9.59 Å². The van der Waals surface area contributed by atoms with Gasteiger partial charge in [0.25, 0.3) is 0 Å². The minimum atomic E-state index is -0.929. The summed E-state index contributed by atoms with van der Waals surface area (Å²) in [5, 5.41) is 5.92. The Bertz CT molecular complexity index is 985. The number of alkyl carbamates (subject to hydrolysis) is 1. The van der Waals surface area contributed by atoms with Gasteiger partial charge in [-0.15, -0.1) is 6.42 Å². The molecule has 41 heavy (non-hydrogen) atoms. The minimum Gasteiger partial charge on any atom is -0.444 e. The third kappa shape index (κ3) is 13.7. The van der Waals surface area contributed by atoms with Crippen LogP contribution in [0.4, 0.5) is 4.79 Å². The van der Waals surface area contributed by atoms with Crippen LogP contribution in [0.1, 0.15) is 116 Å². The monoisotopic (exact) mass is 587 g/mol. The quantitative estimate of drug-likeness (QED) is 0.145. The summed E-state index contributed by atoms with van der Waals surface area (Å²) >= 11 is 1.59. The molecule has 230 valence electrons. The van der Waals surface area contributed by atoms with Gasteiger partial charge in [0.05, 0.1) is 0 Å². The average Bonchev–Trinajstić information content (AvgIpc) is 2.91. The van der Waals surface area contributed by atoms with Crippen molar-refractivity contribution in [3.63, 3.8) is 0 Å². The number of rotatable bonds is 18. The molecule has 1 aromatic rings. The van der Waals surface area contributed by atoms with Gasteiger partial charge in [-0.05, 0) is 70.6 Å². The van der Waals surface area contributed by atoms with E-state index in [1.54, 1.807) is 43.5 Å². The molecule has 2 N–H and O–H groups in total. The van der Waals surface area contributed by atoms with Crippen LogP contribution in [0.5, 0.6) is 0 Å². The fourth-order valence-electron chi connectivity index (χ4n) is 4.72. The fourth-order valence-corrected chi connectivity index (χ4v) is 5.19. The number of carbonyl (C=O) groups is 3. The molecule has 0 fully saturated rings. The van der Waals surface area contributed by atoms with E-state index in [1.165, 1.54) is 6.42 Å². The van der Waals surface area contributed by atoms with Crippen molar-refractivity contribution in [2.45, 2.75) is 123 Å². The van der Waals surface area contributed by atoms with E-state index in [9.17, 15) is 14.4 Å². The number of hydrogen-bond acceptors (Lipinski definition) is 5. The molecule has 0 aromatic heterocycles. The van der Waals surface area contributed by atoms with Crippen LogP contribution in [-0.2, 0) is 14.3 Å². The van der Waals surface area contributed by atoms with Gasteiger partial charge in [0.1, 0.15) is 17.7 Å². The van der Waals surface area contributed by atoms with Crippen LogP contribution in [-0.4, -0.2) is 59.0 Å². The highest BCUT2D eigenvalue weighted by Gasteiger charge is 2.37. The number of nitrogens with zero attached hydrogens (tertiary/aromatic N) is 1. The van der Waals surface area contributed by atoms with Crippen molar-refractivity contribution < 1.29 is 19.1 Å². The van der Waals surface area contributed by atoms with Crippen LogP contribution >= 0.6 is 11.8 Å². The zero-order valence-corrected chi connectivity index (χ0v) is 27.2. The Hall–Kier alpha value is -2.66. The second-order valence-electron chi connectivity index (χ2n) is 11.6. The fraction of sp³-hybridized carbons (Fsp3) is 0.667. The zero-order chi connectivity index (χ0) is 30.8. The van der Waals surface area contributed by atoms with Gasteiger partial charge in [0, 0.05) is 18.2 Å². The molecule has 1 rings (SSSR count). The van der Waals surface area contributed by atoms with E-state index in [2.05, 4.69) is 30.4 Å². The summed E-state index contributed by atoms with van der Waals surface area (Å²) in [6, 6.07) is 5.45. The molecule has 0 aliphatic rings. The van der Waals surface area contributed by atoms with E-state index < -0.39 is 23.8 Å². The molecule has 0 spiro atoms. The van der Waals surface area contributed by atoms with Crippen LogP contribution in [0.2, 0.25) is 0 Å². The van der Waals surface area contributed by atoms with Crippen LogP contribution in [0.25, 0.3) is 0 Å². The summed E-state index contributed by atoms with van der Waals surface area (Å²) in [7, 11) is 0. The standard InChI is InChI=1S/C33H53N3O4S/c1-9-12-13-14-15-18-23-36(31(38)28(22-24-41-8)35-32(39)40-33(5,6)7)29(30(37)34-25(4)19-10-2)27-21-17-16-20-26(27)11-3/h3,16-17,20-21,25,28-29H,9-10,12-15,18-19,22-24H2,1-2,4-8H3,(H,34,37)(H,35,39). The number of benzene rings is 1. The first-order valence-corrected chi connectivity index (χ1v) is 16.5. The van der Waals surface area contributed by atoms with E-state index in [0.717, 1.165) is 44.9 Å². The molecule has 3 atom stereocenters. The van der Waals surface area contributed by atoms with E-state index in [1.807, 2.05) is 31.4 Å². The van der Waals surface area contributed by atoms with Gasteiger partial charge in [0.15, 0.2) is 0 Å². The molecule has 7 nitrogen and oxygen atoms in total. The molecule has 3 amide bonds. The molecule has 0 bridgehead atoms. The first-order valence-electron chi connectivity index (χ1n) is 15.1. The van der Waals surface area contributed by atoms with E-state index in [-0.39, 0.29) is 17.9 Å². The number of terminal acetylenes is 1. The smallest absolute Gasteiger partial charge is 0.408 e. The number of hydrogen-bond donors (Lipinski definition) is 2. The molecule has 0 radical (unpaired) electrons. The SMILES string of the molecule is C#Cc1ccccc1C(C(=O)NC(C)CCC)N(CCCCCCCC)C(=O)C(CCSC)NC(=O)OC(C)(C)C. The van der Waals surface area contributed by atoms with Gasteiger partial charge in [0.2, 0.25) is 11.8 Å². The van der Waals surface area contributed by atoms with Crippen LogP contribution < -0.4 is 10.6 Å². The number of carbonyl (C=O) groups excluding carboxylic acids is 3. The molecule has 8 heteroatoms. The molecule has 0 aliphatic heterocycles. The predicted molar refractivity (Wildman–Crippen MR) is 171 cm³/mol. The molecule has 0 heterocycles. The van der Waals surface area contributed by atoms with Crippen LogP contribution in [0.15, 0.2) is 24.3 Å². The first kappa shape index (κ1) is 36.4. The second kappa shape index (κ2) is 19.5. The van der Waals surface area contributed by atoms with Crippen molar-refractivity contribution in [3.05, 3.63) is 35.4 Å². The van der Waals surface area contributed by atoms with Gasteiger partial charge < -0.3 is 20.3 Å². The third-order valence-electron chi connectivity index (χ3n) is 6.72. The minimum absolute atomic E-state index is 0.0637. The normalized spacial score (nSPS) is 13.4. The molecule has 0 saturated carbocycles. The van der Waals surface area contributed by atoms with E-state index in [0.29, 0.717) is 29.8 Å². The maximum absolute atomic E-state index is 14.4. The Balaban J connectivity index is 3.53. The van der Waals surface area contributed by atoms with Crippen molar-refractivity contribution in [1.29, 1.82) is 0 Å². The van der Waals surface area contributed by atoms with Crippen LogP contribution in [0.3, 0.4) is 0 Å². The molecular weight excluding hydrogens is 534 g/mol. The number of thioether (sulfide) groups is 1. The van der Waals surface area contributed by atoms with Gasteiger partial charge in [-0.2, -0.15) is 11.8 Å². The highest BCUT2D eigenvalue weighted by atomic mass is 32.2. The van der Waals surface area contributed by atoms with E-state index in [4.69, 9.17) is 11.2 Å². The van der Waals surface area contributed by atoms with Crippen LogP contribution in [0, 0.1) is 12.3 Å². The lowest BCUT2D eigenvalue weighted by Crippen LogP contribution is -2.54. The zero-order valence-electron chi connectivity index (χ0n) is 26.4. The Kier molecular flexibility index (Phi) is 17.3. The maximum Gasteiger partial charge on any atom is 0.408 e. The summed E-state index contributed by atoms with van der Waals surface area (Å²) in [5.74, 6) is 2.78. The number of unbranched alkanes of at least 4 members (excludes halogenated alkanes) is 5. The predicted octanol–water partition coefficient (Wildman–Crippen LogP) is 6.85. The van der Waals surface area contributed by atoms with Gasteiger partial charge in [-0.1, -0.05) is 76.5 Å². The van der Waals surface area contributed by atoms with Gasteiger partial charge in [-0.25, -0.2) is 4.79 Å². The van der Waals surface area contributed by atoms with Crippen molar-refractivity contribution in [2.75, 3.05) is 18.6 Å². The molecule has 3 unspecified atom stereocenters. The van der Waals surface area contributed by atoms with Crippen molar-refractivity contribution in [3.8, 4) is 12.3 Å². The molecular formula is C33H53N3O4S. The lowest BCUT2D eigenvalue weighted by atomic mass is 9.96. The molecule has 0 saturated heterocycles. The van der Waals surface area contributed by atoms with Gasteiger partial charge >= 0.3 is 6.09 Å². The largest absolute Gasteiger partial charge is 0.444 e. The topological polar surface area (TPSA) is 87.7 Å². The Morgan fingerprint density at radius 2 is 1.66 bits per heavy atom. The highest BCUT2D eigenvalue weighted by Crippen LogP contribution is 2.27. The summed E-state index contributed by atoms with van der Waals surface area (Å²) in [6.07, 6.45) is 15.5. The summed E-state index contributed by atoms with van der Waals surface area (Å²) in [5.41, 5.74) is 0.465. The van der Waals surface area contributed by atoms with Crippen molar-refractivity contribution in [2.24, 2.45) is 0 Å². The Morgan fingerprint density at radius 1 is 1.00 bits per heavy atom. The summed E-state index contributed by atoms with van der Waals surface area (Å²) in [4.78, 5) is 42.8. The molecule has 0 aliphatic carbocycles. The van der Waals surface area contributed by atoms with E-state index >= 15 is 0 Å². The number of nitrogens with one attached hydrogen (secondary N) is 2. The lowest BCUT2D eigenvalue weighted by Gasteiger charge is -2.35. The molecule has 1 aromatic carbocycles. The Morgan fingerprint density at radius 3 is 2.27 bits per heavy atom. The lowest BCUT2D eigenvalue weighted by molar-refractivity contribution is -0.143. The van der Waals surface area contributed by atoms with Crippen molar-refractivity contribution >= 4 is 29.7 Å². The second-order valence-corrected chi connectivity index (χ2v) is 12.6. The number of amides is 3. The maximum atomic E-state index is 14.4.